The van der Waals surface area contributed by atoms with Crippen molar-refractivity contribution in [1.82, 2.24) is 5.32 Å². The van der Waals surface area contributed by atoms with Crippen molar-refractivity contribution in [3.05, 3.63) is 28.8 Å². The van der Waals surface area contributed by atoms with Crippen LogP contribution in [0.4, 0.5) is 0 Å². The zero-order valence-electron chi connectivity index (χ0n) is 12.0. The monoisotopic (exact) mass is 247 g/mol. The third-order valence-corrected chi connectivity index (χ3v) is 4.25. The zero-order valence-corrected chi connectivity index (χ0v) is 12.0. The number of aryl methyl sites for hydroxylation is 2. The first-order chi connectivity index (χ1) is 8.67. The Hall–Kier alpha value is -1.02. The molecule has 1 aliphatic rings. The number of nitrogens with one attached hydrogen (secondary N) is 1. The Bertz CT molecular complexity index is 410. The molecule has 0 aliphatic heterocycles. The van der Waals surface area contributed by atoms with Crippen LogP contribution in [0.15, 0.2) is 12.1 Å². The summed E-state index contributed by atoms with van der Waals surface area (Å²) in [5.74, 6) is 1.99. The lowest BCUT2D eigenvalue weighted by molar-refractivity contribution is 0.401. The van der Waals surface area contributed by atoms with Crippen LogP contribution in [0.3, 0.4) is 0 Å². The minimum atomic E-state index is 0.677. The average Bonchev–Trinajstić information content (AvgIpc) is 3.19. The van der Waals surface area contributed by atoms with Crippen LogP contribution >= 0.6 is 0 Å². The van der Waals surface area contributed by atoms with Crippen LogP contribution in [0.1, 0.15) is 36.0 Å². The fourth-order valence-corrected chi connectivity index (χ4v) is 2.75. The summed E-state index contributed by atoms with van der Waals surface area (Å²) in [5, 5.41) is 3.46. The minimum Gasteiger partial charge on any atom is -0.496 e. The van der Waals surface area contributed by atoms with Gasteiger partial charge in [0.15, 0.2) is 0 Å². The van der Waals surface area contributed by atoms with Crippen molar-refractivity contribution >= 4 is 0 Å². The van der Waals surface area contributed by atoms with Gasteiger partial charge >= 0.3 is 0 Å². The summed E-state index contributed by atoms with van der Waals surface area (Å²) >= 11 is 0. The quantitative estimate of drug-likeness (QED) is 0.833. The molecule has 0 bridgehead atoms. The topological polar surface area (TPSA) is 21.3 Å². The van der Waals surface area contributed by atoms with Gasteiger partial charge in [-0.25, -0.2) is 0 Å². The normalized spacial score (nSPS) is 16.7. The Morgan fingerprint density at radius 1 is 1.33 bits per heavy atom. The number of rotatable bonds is 6. The lowest BCUT2D eigenvalue weighted by Crippen LogP contribution is -2.27. The van der Waals surface area contributed by atoms with E-state index in [-0.39, 0.29) is 0 Å². The SMILES string of the molecule is CNC(CCc1ccc(C)c(C)c1OC)C1CC1. The molecule has 0 radical (unpaired) electrons. The molecule has 0 aromatic heterocycles. The van der Waals surface area contributed by atoms with E-state index in [1.807, 2.05) is 0 Å². The van der Waals surface area contributed by atoms with Gasteiger partial charge in [-0.1, -0.05) is 12.1 Å². The number of methoxy groups -OCH3 is 1. The van der Waals surface area contributed by atoms with Gasteiger partial charge < -0.3 is 10.1 Å². The first-order valence-electron chi connectivity index (χ1n) is 6.97. The largest absolute Gasteiger partial charge is 0.496 e. The van der Waals surface area contributed by atoms with E-state index < -0.39 is 0 Å². The van der Waals surface area contributed by atoms with Crippen molar-refractivity contribution in [2.75, 3.05) is 14.2 Å². The molecule has 2 nitrogen and oxygen atoms in total. The Balaban J connectivity index is 2.06. The maximum absolute atomic E-state index is 5.58. The molecule has 0 saturated heterocycles. The van der Waals surface area contributed by atoms with E-state index in [2.05, 4.69) is 38.3 Å². The van der Waals surface area contributed by atoms with Gasteiger partial charge in [0.05, 0.1) is 7.11 Å². The second-order valence-electron chi connectivity index (χ2n) is 5.47. The summed E-state index contributed by atoms with van der Waals surface area (Å²) in [6.45, 7) is 4.29. The first-order valence-corrected chi connectivity index (χ1v) is 6.97. The average molecular weight is 247 g/mol. The van der Waals surface area contributed by atoms with Gasteiger partial charge in [0.2, 0.25) is 0 Å². The van der Waals surface area contributed by atoms with Crippen molar-refractivity contribution < 1.29 is 4.74 Å². The van der Waals surface area contributed by atoms with Crippen LogP contribution in [0, 0.1) is 19.8 Å². The highest BCUT2D eigenvalue weighted by Crippen LogP contribution is 2.35. The van der Waals surface area contributed by atoms with E-state index in [0.29, 0.717) is 6.04 Å². The van der Waals surface area contributed by atoms with Gasteiger partial charge in [0, 0.05) is 6.04 Å². The van der Waals surface area contributed by atoms with E-state index in [9.17, 15) is 0 Å². The summed E-state index contributed by atoms with van der Waals surface area (Å²) in [5.41, 5.74) is 3.94. The molecule has 1 aromatic carbocycles. The van der Waals surface area contributed by atoms with E-state index in [0.717, 1.165) is 18.1 Å². The number of hydrogen-bond donors (Lipinski definition) is 1. The van der Waals surface area contributed by atoms with Crippen LogP contribution in [0.5, 0.6) is 5.75 Å². The second-order valence-corrected chi connectivity index (χ2v) is 5.47. The standard InChI is InChI=1S/C16H25NO/c1-11-5-6-14(16(18-4)12(11)2)9-10-15(17-3)13-7-8-13/h5-6,13,15,17H,7-10H2,1-4H3. The molecule has 18 heavy (non-hydrogen) atoms. The highest BCUT2D eigenvalue weighted by Gasteiger charge is 2.29. The minimum absolute atomic E-state index is 0.677. The smallest absolute Gasteiger partial charge is 0.125 e. The van der Waals surface area contributed by atoms with E-state index >= 15 is 0 Å². The maximum atomic E-state index is 5.58. The van der Waals surface area contributed by atoms with E-state index in [1.165, 1.54) is 36.0 Å². The van der Waals surface area contributed by atoms with Gasteiger partial charge in [-0.05, 0) is 69.2 Å². The van der Waals surface area contributed by atoms with Crippen molar-refractivity contribution in [3.63, 3.8) is 0 Å². The second kappa shape index (κ2) is 5.75. The van der Waals surface area contributed by atoms with Gasteiger partial charge in [0.1, 0.15) is 5.75 Å². The Morgan fingerprint density at radius 3 is 2.61 bits per heavy atom. The molecule has 0 amide bonds. The molecule has 1 aromatic rings. The molecule has 1 atom stereocenters. The molecule has 0 spiro atoms. The molecule has 1 saturated carbocycles. The molecule has 1 fully saturated rings. The number of hydrogen-bond acceptors (Lipinski definition) is 2. The molecule has 0 heterocycles. The maximum Gasteiger partial charge on any atom is 0.125 e. The van der Waals surface area contributed by atoms with Gasteiger partial charge in [-0.3, -0.25) is 0 Å². The predicted octanol–water partition coefficient (Wildman–Crippen LogP) is 3.24. The Labute approximate surface area is 111 Å². The lowest BCUT2D eigenvalue weighted by Gasteiger charge is -2.18. The molecule has 1 aliphatic carbocycles. The molecule has 100 valence electrons. The first kappa shape index (κ1) is 13.4. The van der Waals surface area contributed by atoms with E-state index in [1.54, 1.807) is 7.11 Å². The van der Waals surface area contributed by atoms with Crippen LogP contribution in [-0.2, 0) is 6.42 Å². The Morgan fingerprint density at radius 2 is 2.06 bits per heavy atom. The summed E-state index contributed by atoms with van der Waals surface area (Å²) in [6, 6.07) is 5.11. The number of ether oxygens (including phenoxy) is 1. The highest BCUT2D eigenvalue weighted by atomic mass is 16.5. The molecule has 1 unspecified atom stereocenters. The molecular weight excluding hydrogens is 222 g/mol. The van der Waals surface area contributed by atoms with Crippen molar-refractivity contribution in [2.24, 2.45) is 5.92 Å². The number of benzene rings is 1. The fraction of sp³-hybridized carbons (Fsp3) is 0.625. The molecule has 1 N–H and O–H groups in total. The van der Waals surface area contributed by atoms with Crippen LogP contribution in [0.2, 0.25) is 0 Å². The summed E-state index contributed by atoms with van der Waals surface area (Å²) in [7, 11) is 3.86. The predicted molar refractivity (Wildman–Crippen MR) is 76.4 cm³/mol. The molecular formula is C16H25NO. The molecule has 2 rings (SSSR count). The summed E-state index contributed by atoms with van der Waals surface area (Å²) < 4.78 is 5.58. The fourth-order valence-electron chi connectivity index (χ4n) is 2.75. The van der Waals surface area contributed by atoms with Crippen molar-refractivity contribution in [1.29, 1.82) is 0 Å². The Kier molecular flexibility index (Phi) is 4.28. The molecule has 2 heteroatoms. The highest BCUT2D eigenvalue weighted by molar-refractivity contribution is 5.45. The summed E-state index contributed by atoms with van der Waals surface area (Å²) in [4.78, 5) is 0. The third-order valence-electron chi connectivity index (χ3n) is 4.25. The van der Waals surface area contributed by atoms with Gasteiger partial charge in [-0.2, -0.15) is 0 Å². The zero-order chi connectivity index (χ0) is 13.1. The van der Waals surface area contributed by atoms with Gasteiger partial charge in [0.25, 0.3) is 0 Å². The van der Waals surface area contributed by atoms with E-state index in [4.69, 9.17) is 4.74 Å². The van der Waals surface area contributed by atoms with Crippen LogP contribution < -0.4 is 10.1 Å². The third kappa shape index (κ3) is 2.86. The lowest BCUT2D eigenvalue weighted by atomic mass is 9.97. The van der Waals surface area contributed by atoms with Crippen LogP contribution in [0.25, 0.3) is 0 Å². The van der Waals surface area contributed by atoms with Crippen molar-refractivity contribution in [2.45, 2.75) is 45.6 Å². The summed E-state index contributed by atoms with van der Waals surface area (Å²) in [6.07, 6.45) is 5.11. The van der Waals surface area contributed by atoms with Crippen molar-refractivity contribution in [3.8, 4) is 5.75 Å². The van der Waals surface area contributed by atoms with Crippen LogP contribution in [-0.4, -0.2) is 20.2 Å². The van der Waals surface area contributed by atoms with Gasteiger partial charge in [-0.15, -0.1) is 0 Å².